The Hall–Kier alpha value is -2.08. The summed E-state index contributed by atoms with van der Waals surface area (Å²) in [7, 11) is 0. The van der Waals surface area contributed by atoms with Crippen molar-refractivity contribution in [2.45, 2.75) is 45.1 Å². The molecule has 7 heteroatoms. The molecule has 6 nitrogen and oxygen atoms in total. The summed E-state index contributed by atoms with van der Waals surface area (Å²) in [5, 5.41) is 0.606. The van der Waals surface area contributed by atoms with Crippen molar-refractivity contribution >= 4 is 35.0 Å². The normalized spacial score (nSPS) is 21.6. The van der Waals surface area contributed by atoms with Crippen molar-refractivity contribution in [2.24, 2.45) is 11.1 Å². The maximum Gasteiger partial charge on any atom is 0.246 e. The lowest BCUT2D eigenvalue weighted by Gasteiger charge is -2.42. The number of unbranched alkanes of at least 4 members (excludes halogenated alkanes) is 1. The van der Waals surface area contributed by atoms with Gasteiger partial charge in [-0.3, -0.25) is 14.4 Å². The van der Waals surface area contributed by atoms with Crippen LogP contribution in [0.5, 0.6) is 0 Å². The molecule has 3 amide bonds. The number of rotatable bonds is 6. The molecule has 1 aromatic rings. The first-order valence-electron chi connectivity index (χ1n) is 9.06. The number of hydrogen-bond acceptors (Lipinski definition) is 3. The quantitative estimate of drug-likeness (QED) is 0.772. The predicted octanol–water partition coefficient (Wildman–Crippen LogP) is 2.34. The highest BCUT2D eigenvalue weighted by molar-refractivity contribution is 6.30. The average molecular weight is 378 g/mol. The monoisotopic (exact) mass is 377 g/mol. The summed E-state index contributed by atoms with van der Waals surface area (Å²) in [6.07, 6.45) is 3.68. The van der Waals surface area contributed by atoms with E-state index >= 15 is 0 Å². The molecule has 1 heterocycles. The number of piperazine rings is 1. The van der Waals surface area contributed by atoms with Crippen LogP contribution in [0.1, 0.15) is 39.0 Å². The van der Waals surface area contributed by atoms with E-state index in [2.05, 4.69) is 6.92 Å². The van der Waals surface area contributed by atoms with Crippen LogP contribution in [-0.2, 0) is 14.4 Å². The van der Waals surface area contributed by atoms with E-state index in [-0.39, 0.29) is 24.4 Å². The van der Waals surface area contributed by atoms with Gasteiger partial charge in [-0.25, -0.2) is 0 Å². The number of nitrogens with zero attached hydrogens (tertiary/aromatic N) is 2. The molecule has 2 aliphatic rings. The fourth-order valence-corrected chi connectivity index (χ4v) is 3.66. The molecule has 0 spiro atoms. The number of benzene rings is 1. The zero-order valence-electron chi connectivity index (χ0n) is 14.9. The molecule has 3 rings (SSSR count). The van der Waals surface area contributed by atoms with E-state index in [1.807, 2.05) is 0 Å². The summed E-state index contributed by atoms with van der Waals surface area (Å²) in [6, 6.07) is 6.98. The van der Waals surface area contributed by atoms with Gasteiger partial charge in [-0.05, 0) is 43.5 Å². The average Bonchev–Trinajstić information content (AvgIpc) is 3.43. The number of carbonyl (C=O) groups excluding carboxylic acids is 3. The van der Waals surface area contributed by atoms with Gasteiger partial charge < -0.3 is 15.5 Å². The summed E-state index contributed by atoms with van der Waals surface area (Å²) < 4.78 is 0. The Morgan fingerprint density at radius 3 is 2.46 bits per heavy atom. The largest absolute Gasteiger partial charge is 0.369 e. The summed E-state index contributed by atoms with van der Waals surface area (Å²) in [5.41, 5.74) is 5.14. The second-order valence-corrected chi connectivity index (χ2v) is 7.59. The lowest BCUT2D eigenvalue weighted by molar-refractivity contribution is -0.148. The van der Waals surface area contributed by atoms with Gasteiger partial charge in [0.15, 0.2) is 0 Å². The highest BCUT2D eigenvalue weighted by Gasteiger charge is 2.58. The standard InChI is InChI=1S/C19H24ClN3O3/c1-2-3-4-15-11-22(14-7-5-13(20)6-8-14)16(24)12-23(15)18(26)19(9-10-19)17(21)25/h5-8,15H,2-4,9-12H2,1H3,(H2,21,25)/t15-/m0/s1. The minimum absolute atomic E-state index is 0.0229. The van der Waals surface area contributed by atoms with Gasteiger partial charge in [-0.1, -0.05) is 31.4 Å². The van der Waals surface area contributed by atoms with Crippen LogP contribution in [0.25, 0.3) is 0 Å². The SMILES string of the molecule is CCCC[C@H]1CN(c2ccc(Cl)cc2)C(=O)CN1C(=O)C1(C(N)=O)CC1. The van der Waals surface area contributed by atoms with Crippen LogP contribution in [0.2, 0.25) is 5.02 Å². The van der Waals surface area contributed by atoms with E-state index in [4.69, 9.17) is 17.3 Å². The number of carbonyl (C=O) groups is 3. The van der Waals surface area contributed by atoms with E-state index in [0.717, 1.165) is 24.9 Å². The fourth-order valence-electron chi connectivity index (χ4n) is 3.53. The highest BCUT2D eigenvalue weighted by Crippen LogP contribution is 2.47. The maximum absolute atomic E-state index is 13.0. The van der Waals surface area contributed by atoms with Gasteiger partial charge in [0, 0.05) is 17.3 Å². The van der Waals surface area contributed by atoms with Gasteiger partial charge in [0.1, 0.15) is 12.0 Å². The van der Waals surface area contributed by atoms with Crippen molar-refractivity contribution in [2.75, 3.05) is 18.0 Å². The first kappa shape index (κ1) is 18.7. The van der Waals surface area contributed by atoms with Gasteiger partial charge in [0.2, 0.25) is 17.7 Å². The molecular weight excluding hydrogens is 354 g/mol. The number of halogens is 1. The smallest absolute Gasteiger partial charge is 0.246 e. The molecule has 1 aliphatic heterocycles. The molecule has 2 N–H and O–H groups in total. The second kappa shape index (κ2) is 7.27. The number of nitrogens with two attached hydrogens (primary N) is 1. The van der Waals surface area contributed by atoms with Crippen LogP contribution < -0.4 is 10.6 Å². The van der Waals surface area contributed by atoms with Crippen LogP contribution in [-0.4, -0.2) is 41.8 Å². The van der Waals surface area contributed by atoms with E-state index in [0.29, 0.717) is 24.4 Å². The van der Waals surface area contributed by atoms with Crippen LogP contribution in [0.15, 0.2) is 24.3 Å². The number of hydrogen-bond donors (Lipinski definition) is 1. The van der Waals surface area contributed by atoms with Crippen LogP contribution >= 0.6 is 11.6 Å². The topological polar surface area (TPSA) is 83.7 Å². The van der Waals surface area contributed by atoms with Crippen LogP contribution in [0.4, 0.5) is 5.69 Å². The van der Waals surface area contributed by atoms with E-state index in [9.17, 15) is 14.4 Å². The summed E-state index contributed by atoms with van der Waals surface area (Å²) in [4.78, 5) is 40.7. The van der Waals surface area contributed by atoms with Crippen molar-refractivity contribution < 1.29 is 14.4 Å². The van der Waals surface area contributed by atoms with Crippen molar-refractivity contribution in [1.82, 2.24) is 4.90 Å². The second-order valence-electron chi connectivity index (χ2n) is 7.16. The van der Waals surface area contributed by atoms with Crippen molar-refractivity contribution in [3.8, 4) is 0 Å². The third-order valence-corrected chi connectivity index (χ3v) is 5.61. The minimum Gasteiger partial charge on any atom is -0.369 e. The van der Waals surface area contributed by atoms with Gasteiger partial charge in [0.05, 0.1) is 6.04 Å². The first-order chi connectivity index (χ1) is 12.4. The molecule has 0 bridgehead atoms. The van der Waals surface area contributed by atoms with Crippen molar-refractivity contribution in [3.05, 3.63) is 29.3 Å². The summed E-state index contributed by atoms with van der Waals surface area (Å²) in [5.74, 6) is -1.02. The Morgan fingerprint density at radius 1 is 1.27 bits per heavy atom. The molecule has 0 unspecified atom stereocenters. The molecule has 1 aliphatic carbocycles. The molecule has 0 aromatic heterocycles. The number of anilines is 1. The number of amides is 3. The molecule has 140 valence electrons. The Bertz CT molecular complexity index is 715. The minimum atomic E-state index is -1.09. The van der Waals surface area contributed by atoms with Gasteiger partial charge in [-0.2, -0.15) is 0 Å². The van der Waals surface area contributed by atoms with Gasteiger partial charge in [0.25, 0.3) is 0 Å². The van der Waals surface area contributed by atoms with E-state index in [1.165, 1.54) is 0 Å². The molecule has 2 fully saturated rings. The molecule has 1 saturated heterocycles. The molecule has 1 saturated carbocycles. The molecule has 26 heavy (non-hydrogen) atoms. The van der Waals surface area contributed by atoms with Crippen molar-refractivity contribution in [1.29, 1.82) is 0 Å². The molecular formula is C19H24ClN3O3. The van der Waals surface area contributed by atoms with Gasteiger partial charge in [-0.15, -0.1) is 0 Å². The van der Waals surface area contributed by atoms with E-state index < -0.39 is 11.3 Å². The zero-order chi connectivity index (χ0) is 18.9. The summed E-state index contributed by atoms with van der Waals surface area (Å²) >= 11 is 5.94. The maximum atomic E-state index is 13.0. The Labute approximate surface area is 158 Å². The third-order valence-electron chi connectivity index (χ3n) is 5.36. The first-order valence-corrected chi connectivity index (χ1v) is 9.44. The van der Waals surface area contributed by atoms with Crippen LogP contribution in [0, 0.1) is 5.41 Å². The molecule has 1 aromatic carbocycles. The predicted molar refractivity (Wildman–Crippen MR) is 99.7 cm³/mol. The third kappa shape index (κ3) is 3.43. The van der Waals surface area contributed by atoms with Crippen molar-refractivity contribution in [3.63, 3.8) is 0 Å². The fraction of sp³-hybridized carbons (Fsp3) is 0.526. The van der Waals surface area contributed by atoms with E-state index in [1.54, 1.807) is 34.1 Å². The van der Waals surface area contributed by atoms with Gasteiger partial charge >= 0.3 is 0 Å². The Morgan fingerprint density at radius 2 is 1.92 bits per heavy atom. The number of primary amides is 1. The lowest BCUT2D eigenvalue weighted by Crippen LogP contribution is -2.60. The van der Waals surface area contributed by atoms with Crippen LogP contribution in [0.3, 0.4) is 0 Å². The summed E-state index contributed by atoms with van der Waals surface area (Å²) in [6.45, 7) is 2.48. The highest BCUT2D eigenvalue weighted by atomic mass is 35.5. The Balaban J connectivity index is 1.83. The zero-order valence-corrected chi connectivity index (χ0v) is 15.7. The molecule has 0 radical (unpaired) electrons. The lowest BCUT2D eigenvalue weighted by atomic mass is 9.98. The Kier molecular flexibility index (Phi) is 5.23. The molecule has 1 atom stereocenters.